The molecule has 180 valence electrons. The number of nitrogens with zero attached hydrogens (tertiary/aromatic N) is 4. The van der Waals surface area contributed by atoms with Gasteiger partial charge in [0.15, 0.2) is 0 Å². The molecule has 0 amide bonds. The summed E-state index contributed by atoms with van der Waals surface area (Å²) in [4.78, 5) is 24.8. The second kappa shape index (κ2) is 8.63. The van der Waals surface area contributed by atoms with E-state index in [2.05, 4.69) is 0 Å². The Hall–Kier alpha value is -3.19. The maximum atomic E-state index is 14.8. The molecule has 0 bridgehead atoms. The van der Waals surface area contributed by atoms with E-state index in [1.807, 2.05) is 0 Å². The van der Waals surface area contributed by atoms with E-state index in [1.165, 1.54) is 6.07 Å². The maximum Gasteiger partial charge on any atom is 0.431 e. The molecule has 2 aromatic rings. The van der Waals surface area contributed by atoms with Gasteiger partial charge in [-0.1, -0.05) is 0 Å². The second-order valence-corrected chi connectivity index (χ2v) is 10.9. The van der Waals surface area contributed by atoms with Crippen LogP contribution in [0.1, 0.15) is 25.1 Å². The van der Waals surface area contributed by atoms with Gasteiger partial charge >= 0.3 is 11.9 Å². The Morgan fingerprint density at radius 3 is 1.97 bits per heavy atom. The third kappa shape index (κ3) is 4.64. The van der Waals surface area contributed by atoms with Crippen LogP contribution in [0.25, 0.3) is 5.69 Å². The molecular weight excluding hydrogens is 496 g/mol. The summed E-state index contributed by atoms with van der Waals surface area (Å²) >= 11 is 0. The van der Waals surface area contributed by atoms with Crippen molar-refractivity contribution in [3.8, 4) is 11.8 Å². The topological polar surface area (TPSA) is 139 Å². The zero-order valence-electron chi connectivity index (χ0n) is 17.2. The average molecular weight is 512 g/mol. The number of benzene rings is 1. The van der Waals surface area contributed by atoms with Gasteiger partial charge in [0.1, 0.15) is 17.6 Å². The molecule has 0 saturated heterocycles. The highest BCUT2D eigenvalue weighted by Gasteiger charge is 2.37. The Morgan fingerprint density at radius 1 is 1.03 bits per heavy atom. The van der Waals surface area contributed by atoms with Crippen molar-refractivity contribution in [2.45, 2.75) is 20.0 Å². The van der Waals surface area contributed by atoms with Crippen molar-refractivity contribution in [2.24, 2.45) is 7.05 Å². The summed E-state index contributed by atoms with van der Waals surface area (Å²) in [6, 6.07) is 2.25. The highest BCUT2D eigenvalue weighted by atomic mass is 32.3. The van der Waals surface area contributed by atoms with Crippen LogP contribution in [0.4, 0.5) is 23.2 Å². The Balaban J connectivity index is 3.05. The lowest BCUT2D eigenvalue weighted by molar-refractivity contribution is -0.144. The van der Waals surface area contributed by atoms with Crippen LogP contribution in [0.15, 0.2) is 27.8 Å². The molecule has 1 aromatic heterocycles. The Morgan fingerprint density at radius 2 is 1.55 bits per heavy atom. The molecular formula is C17H16F4N4O6S2. The zero-order valence-corrected chi connectivity index (χ0v) is 18.8. The van der Waals surface area contributed by atoms with Gasteiger partial charge < -0.3 is 0 Å². The first-order valence-electron chi connectivity index (χ1n) is 8.93. The highest BCUT2D eigenvalue weighted by Crippen LogP contribution is 2.31. The molecule has 0 spiro atoms. The molecule has 1 aromatic carbocycles. The number of aromatic nitrogens is 2. The molecule has 0 saturated carbocycles. The van der Waals surface area contributed by atoms with Gasteiger partial charge in [-0.05, 0) is 26.0 Å². The summed E-state index contributed by atoms with van der Waals surface area (Å²) in [5.41, 5.74) is -7.62. The van der Waals surface area contributed by atoms with Crippen LogP contribution in [0.3, 0.4) is 0 Å². The lowest BCUT2D eigenvalue weighted by Crippen LogP contribution is -2.42. The third-order valence-corrected chi connectivity index (χ3v) is 8.69. The SMILES string of the molecule is CCS(=O)(=O)N(c1cc(-n2c(=O)cc(C(F)(F)F)n(C)c2=O)c(F)cc1C#N)S(=O)(=O)CC. The van der Waals surface area contributed by atoms with E-state index in [9.17, 15) is 49.2 Å². The predicted molar refractivity (Wildman–Crippen MR) is 108 cm³/mol. The van der Waals surface area contributed by atoms with Crippen LogP contribution in [0, 0.1) is 17.1 Å². The fraction of sp³-hybridized carbons (Fsp3) is 0.353. The van der Waals surface area contributed by atoms with E-state index < -0.39 is 77.4 Å². The van der Waals surface area contributed by atoms with E-state index >= 15 is 0 Å². The van der Waals surface area contributed by atoms with Crippen molar-refractivity contribution in [2.75, 3.05) is 15.2 Å². The summed E-state index contributed by atoms with van der Waals surface area (Å²) in [5, 5.41) is 9.32. The fourth-order valence-electron chi connectivity index (χ4n) is 2.79. The molecule has 0 aliphatic rings. The predicted octanol–water partition coefficient (Wildman–Crippen LogP) is 1.07. The summed E-state index contributed by atoms with van der Waals surface area (Å²) < 4.78 is 104. The number of anilines is 1. The Kier molecular flexibility index (Phi) is 6.82. The summed E-state index contributed by atoms with van der Waals surface area (Å²) in [6.45, 7) is 2.19. The normalized spacial score (nSPS) is 12.4. The van der Waals surface area contributed by atoms with Crippen LogP contribution in [0.5, 0.6) is 0 Å². The number of hydrogen-bond acceptors (Lipinski definition) is 7. The van der Waals surface area contributed by atoms with Gasteiger partial charge in [-0.25, -0.2) is 30.6 Å². The Labute approximate surface area is 185 Å². The lowest BCUT2D eigenvalue weighted by Gasteiger charge is -2.24. The smallest absolute Gasteiger partial charge is 0.292 e. The molecule has 1 heterocycles. The van der Waals surface area contributed by atoms with Gasteiger partial charge in [-0.2, -0.15) is 22.1 Å². The van der Waals surface area contributed by atoms with Gasteiger partial charge in [-0.3, -0.25) is 9.36 Å². The number of rotatable bonds is 6. The van der Waals surface area contributed by atoms with Gasteiger partial charge in [-0.15, -0.1) is 0 Å². The number of nitriles is 1. The van der Waals surface area contributed by atoms with Crippen molar-refractivity contribution >= 4 is 25.7 Å². The van der Waals surface area contributed by atoms with Crippen molar-refractivity contribution in [1.29, 1.82) is 5.26 Å². The summed E-state index contributed by atoms with van der Waals surface area (Å²) in [6.07, 6.45) is -5.10. The molecule has 0 unspecified atom stereocenters. The minimum absolute atomic E-state index is 0.0159. The molecule has 0 aliphatic carbocycles. The van der Waals surface area contributed by atoms with Crippen molar-refractivity contribution in [3.63, 3.8) is 0 Å². The van der Waals surface area contributed by atoms with Crippen LogP contribution in [-0.2, 0) is 33.3 Å². The fourth-order valence-corrected chi connectivity index (χ4v) is 6.18. The summed E-state index contributed by atoms with van der Waals surface area (Å²) in [5.74, 6) is -2.98. The van der Waals surface area contributed by atoms with Crippen LogP contribution in [-0.4, -0.2) is 37.5 Å². The molecule has 33 heavy (non-hydrogen) atoms. The first-order chi connectivity index (χ1) is 15.0. The zero-order chi connectivity index (χ0) is 25.5. The third-order valence-electron chi connectivity index (χ3n) is 4.47. The number of alkyl halides is 3. The van der Waals surface area contributed by atoms with E-state index in [0.29, 0.717) is 19.2 Å². The first kappa shape index (κ1) is 26.1. The number of sulfonamides is 2. The molecule has 0 radical (unpaired) electrons. The minimum Gasteiger partial charge on any atom is -0.292 e. The second-order valence-electron chi connectivity index (χ2n) is 6.47. The van der Waals surface area contributed by atoms with Gasteiger partial charge in [0, 0.05) is 13.1 Å². The van der Waals surface area contributed by atoms with Crippen molar-refractivity contribution in [1.82, 2.24) is 9.13 Å². The number of halogens is 4. The van der Waals surface area contributed by atoms with E-state index in [1.54, 1.807) is 0 Å². The van der Waals surface area contributed by atoms with Crippen molar-refractivity contribution in [3.05, 3.63) is 56.1 Å². The average Bonchev–Trinajstić information content (AvgIpc) is 2.71. The van der Waals surface area contributed by atoms with Crippen LogP contribution in [0.2, 0.25) is 0 Å². The monoisotopic (exact) mass is 512 g/mol. The van der Waals surface area contributed by atoms with E-state index in [4.69, 9.17) is 0 Å². The molecule has 0 aliphatic heterocycles. The van der Waals surface area contributed by atoms with Crippen LogP contribution >= 0.6 is 0 Å². The van der Waals surface area contributed by atoms with Crippen LogP contribution < -0.4 is 15.0 Å². The standard InChI is InChI=1S/C17H16F4N4O6S2/c1-4-32(28,29)25(33(30,31)5-2)12-7-13(11(18)6-10(12)9-22)24-15(26)8-14(17(19,20)21)23(3)16(24)27/h6-8H,4-5H2,1-3H3. The van der Waals surface area contributed by atoms with Gasteiger partial charge in [0.2, 0.25) is 20.0 Å². The minimum atomic E-state index is -5.10. The first-order valence-corrected chi connectivity index (χ1v) is 12.2. The maximum absolute atomic E-state index is 14.8. The molecule has 0 N–H and O–H groups in total. The molecule has 0 atom stereocenters. The van der Waals surface area contributed by atoms with E-state index in [-0.39, 0.29) is 18.9 Å². The molecule has 0 fully saturated rings. The lowest BCUT2D eigenvalue weighted by atomic mass is 10.1. The largest absolute Gasteiger partial charge is 0.431 e. The van der Waals surface area contributed by atoms with Gasteiger partial charge in [0.05, 0.1) is 28.4 Å². The Bertz CT molecular complexity index is 1450. The molecule has 10 nitrogen and oxygen atoms in total. The van der Waals surface area contributed by atoms with Crippen molar-refractivity contribution < 1.29 is 34.4 Å². The number of hydrogen-bond donors (Lipinski definition) is 0. The van der Waals surface area contributed by atoms with Gasteiger partial charge in [0.25, 0.3) is 5.56 Å². The molecule has 2 rings (SSSR count). The summed E-state index contributed by atoms with van der Waals surface area (Å²) in [7, 11) is -8.59. The quantitative estimate of drug-likeness (QED) is 0.528. The van der Waals surface area contributed by atoms with E-state index in [0.717, 1.165) is 13.8 Å². The highest BCUT2D eigenvalue weighted by molar-refractivity contribution is 8.10. The molecule has 16 heteroatoms.